The Kier molecular flexibility index (Phi) is 2.50. The van der Waals surface area contributed by atoms with Crippen molar-refractivity contribution in [3.05, 3.63) is 28.9 Å². The van der Waals surface area contributed by atoms with E-state index in [2.05, 4.69) is 9.97 Å². The van der Waals surface area contributed by atoms with Crippen LogP contribution in [0.4, 0.5) is 0 Å². The van der Waals surface area contributed by atoms with Crippen LogP contribution >= 0.6 is 0 Å². The van der Waals surface area contributed by atoms with Gasteiger partial charge in [0.25, 0.3) is 5.56 Å². The topological polar surface area (TPSA) is 76.2 Å². The van der Waals surface area contributed by atoms with Crippen LogP contribution in [0, 0.1) is 0 Å². The highest BCUT2D eigenvalue weighted by Crippen LogP contribution is 1.57. The first-order valence-corrected chi connectivity index (χ1v) is 1.88. The van der Waals surface area contributed by atoms with Crippen molar-refractivity contribution in [2.75, 3.05) is 0 Å². The first-order chi connectivity index (χ1) is 3.39. The maximum absolute atomic E-state index is 10.2. The molecule has 4 heteroatoms. The van der Waals surface area contributed by atoms with Crippen LogP contribution in [0.1, 0.15) is 0 Å². The number of hydrogen-bond donors (Lipinski definition) is 1. The normalized spacial score (nSPS) is 7.50. The minimum Gasteiger partial charge on any atom is -0.326 e. The number of hydrogen-bond acceptors (Lipinski definition) is 2. The molecule has 1 N–H and O–H groups in total. The summed E-state index contributed by atoms with van der Waals surface area (Å²) in [5, 5.41) is 0. The largest absolute Gasteiger partial charge is 0.326 e. The summed E-state index contributed by atoms with van der Waals surface area (Å²) in [7, 11) is 0. The van der Waals surface area contributed by atoms with Crippen molar-refractivity contribution in [1.29, 1.82) is 0 Å². The lowest BCUT2D eigenvalue weighted by atomic mass is 10.8. The van der Waals surface area contributed by atoms with Gasteiger partial charge in [0, 0.05) is 18.5 Å². The fraction of sp³-hybridized carbons (Fsp3) is 0. The molecule has 3 radical (unpaired) electrons. The smallest absolute Gasteiger partial charge is 0.266 e. The number of aromatic amines is 1. The van der Waals surface area contributed by atoms with Crippen LogP contribution in [0.5, 0.6) is 0 Å². The van der Waals surface area contributed by atoms with Crippen molar-refractivity contribution >= 4 is 0 Å². The van der Waals surface area contributed by atoms with E-state index in [1.54, 1.807) is 0 Å². The zero-order valence-electron chi connectivity index (χ0n) is 4.03. The summed E-state index contributed by atoms with van der Waals surface area (Å²) in [6.07, 6.45) is 4.23. The molecule has 0 amide bonds. The second kappa shape index (κ2) is 2.92. The first-order valence-electron chi connectivity index (χ1n) is 1.88. The van der Waals surface area contributed by atoms with Crippen molar-refractivity contribution < 1.29 is 0 Å². The summed E-state index contributed by atoms with van der Waals surface area (Å²) < 4.78 is 0. The predicted molar refractivity (Wildman–Crippen MR) is 27.0 cm³/mol. The molecule has 0 aromatic carbocycles. The number of H-pyrrole nitrogens is 1. The van der Waals surface area contributed by atoms with E-state index in [0.29, 0.717) is 0 Å². The number of aromatic nitrogens is 2. The average Bonchev–Trinajstić information content (AvgIpc) is 1.69. The number of nitrogens with zero attached hydrogens (tertiary/aromatic N) is 2. The third kappa shape index (κ3) is 1.53. The molecular formula is C4H4N3O. The Balaban J connectivity index is 0.000000490. The zero-order chi connectivity index (χ0) is 5.11. The molecule has 1 aromatic heterocycles. The van der Waals surface area contributed by atoms with Crippen LogP contribution in [0.15, 0.2) is 23.4 Å². The van der Waals surface area contributed by atoms with Crippen LogP contribution < -0.4 is 11.7 Å². The van der Waals surface area contributed by atoms with Gasteiger partial charge >= 0.3 is 0 Å². The lowest BCUT2D eigenvalue weighted by molar-refractivity contribution is 1.14. The van der Waals surface area contributed by atoms with Crippen molar-refractivity contribution in [1.82, 2.24) is 16.1 Å². The molecule has 1 rings (SSSR count). The summed E-state index contributed by atoms with van der Waals surface area (Å²) in [6, 6.07) is 0. The Labute approximate surface area is 46.2 Å². The van der Waals surface area contributed by atoms with Gasteiger partial charge in [-0.15, -0.1) is 0 Å². The lowest BCUT2D eigenvalue weighted by Crippen LogP contribution is -2.01. The van der Waals surface area contributed by atoms with Gasteiger partial charge in [0.15, 0.2) is 0 Å². The molecule has 0 atom stereocenters. The van der Waals surface area contributed by atoms with Crippen molar-refractivity contribution in [3.63, 3.8) is 0 Å². The number of nitrogens with one attached hydrogen (secondary N) is 1. The molecule has 0 unspecified atom stereocenters. The minimum absolute atomic E-state index is 0. The van der Waals surface area contributed by atoms with E-state index < -0.39 is 0 Å². The van der Waals surface area contributed by atoms with E-state index in [9.17, 15) is 4.79 Å². The first kappa shape index (κ1) is 6.84. The summed E-state index contributed by atoms with van der Waals surface area (Å²) in [5.74, 6) is 0. The molecule has 0 aliphatic rings. The van der Waals surface area contributed by atoms with Gasteiger partial charge < -0.3 is 4.98 Å². The summed E-state index contributed by atoms with van der Waals surface area (Å²) in [5.41, 5.74) is -0.164. The van der Waals surface area contributed by atoms with E-state index in [4.69, 9.17) is 0 Å². The predicted octanol–water partition coefficient (Wildman–Crippen LogP) is -0.711. The van der Waals surface area contributed by atoms with Gasteiger partial charge in [-0.25, -0.2) is 0 Å². The molecule has 41 valence electrons. The zero-order valence-corrected chi connectivity index (χ0v) is 4.03. The Morgan fingerprint density at radius 1 is 1.62 bits per heavy atom. The van der Waals surface area contributed by atoms with E-state index in [1.807, 2.05) is 0 Å². The molecule has 0 saturated heterocycles. The van der Waals surface area contributed by atoms with E-state index in [1.165, 1.54) is 18.6 Å². The SMILES string of the molecule is O=c1cncc[nH]1.[N]. The highest BCUT2D eigenvalue weighted by molar-refractivity contribution is 4.73. The molecular weight excluding hydrogens is 106 g/mol. The fourth-order valence-corrected chi connectivity index (χ4v) is 0.310. The lowest BCUT2D eigenvalue weighted by Gasteiger charge is -1.73. The van der Waals surface area contributed by atoms with Crippen molar-refractivity contribution in [2.45, 2.75) is 0 Å². The molecule has 0 spiro atoms. The Hall–Kier alpha value is -1.16. The van der Waals surface area contributed by atoms with Gasteiger partial charge in [-0.2, -0.15) is 0 Å². The monoisotopic (exact) mass is 110 g/mol. The van der Waals surface area contributed by atoms with E-state index in [-0.39, 0.29) is 11.7 Å². The molecule has 0 aliphatic carbocycles. The second-order valence-electron chi connectivity index (χ2n) is 1.10. The fourth-order valence-electron chi connectivity index (χ4n) is 0.310. The van der Waals surface area contributed by atoms with Crippen LogP contribution in [0.3, 0.4) is 0 Å². The van der Waals surface area contributed by atoms with Gasteiger partial charge in [0.05, 0.1) is 6.20 Å². The van der Waals surface area contributed by atoms with Gasteiger partial charge in [0.2, 0.25) is 0 Å². The Morgan fingerprint density at radius 3 is 2.62 bits per heavy atom. The van der Waals surface area contributed by atoms with E-state index in [0.717, 1.165) is 0 Å². The highest BCUT2D eigenvalue weighted by Gasteiger charge is 1.70. The molecule has 1 heterocycles. The van der Waals surface area contributed by atoms with Gasteiger partial charge in [-0.1, -0.05) is 0 Å². The standard InChI is InChI=1S/C4H4N2O.N/c7-4-3-5-1-2-6-4;/h1-3H,(H,6,7);. The second-order valence-corrected chi connectivity index (χ2v) is 1.10. The maximum Gasteiger partial charge on any atom is 0.266 e. The molecule has 8 heavy (non-hydrogen) atoms. The Bertz CT molecular complexity index is 177. The number of rotatable bonds is 0. The highest BCUT2D eigenvalue weighted by atomic mass is 16.1. The maximum atomic E-state index is 10.2. The van der Waals surface area contributed by atoms with E-state index >= 15 is 0 Å². The molecule has 1 aromatic rings. The van der Waals surface area contributed by atoms with Crippen molar-refractivity contribution in [3.8, 4) is 0 Å². The van der Waals surface area contributed by atoms with Crippen molar-refractivity contribution in [2.24, 2.45) is 0 Å². The third-order valence-corrected chi connectivity index (χ3v) is 0.578. The van der Waals surface area contributed by atoms with Crippen LogP contribution in [-0.2, 0) is 0 Å². The molecule has 0 fully saturated rings. The van der Waals surface area contributed by atoms with Crippen LogP contribution in [-0.4, -0.2) is 9.97 Å². The average molecular weight is 110 g/mol. The van der Waals surface area contributed by atoms with Gasteiger partial charge in [0.1, 0.15) is 0 Å². The Morgan fingerprint density at radius 2 is 2.38 bits per heavy atom. The summed E-state index contributed by atoms with van der Waals surface area (Å²) in [6.45, 7) is 0. The molecule has 0 saturated carbocycles. The summed E-state index contributed by atoms with van der Waals surface area (Å²) >= 11 is 0. The van der Waals surface area contributed by atoms with Gasteiger partial charge in [-0.05, 0) is 0 Å². The molecule has 0 aliphatic heterocycles. The minimum atomic E-state index is -0.164. The molecule has 0 bridgehead atoms. The quantitative estimate of drug-likeness (QED) is 0.479. The third-order valence-electron chi connectivity index (χ3n) is 0.578. The van der Waals surface area contributed by atoms with Crippen LogP contribution in [0.2, 0.25) is 0 Å². The van der Waals surface area contributed by atoms with Gasteiger partial charge in [-0.3, -0.25) is 9.78 Å². The summed E-state index contributed by atoms with van der Waals surface area (Å²) in [4.78, 5) is 16.1. The molecule has 4 nitrogen and oxygen atoms in total. The van der Waals surface area contributed by atoms with Crippen LogP contribution in [0.25, 0.3) is 0 Å².